The highest BCUT2D eigenvalue weighted by molar-refractivity contribution is 8.26. The summed E-state index contributed by atoms with van der Waals surface area (Å²) in [6.07, 6.45) is 1.70. The molecule has 6 nitrogen and oxygen atoms in total. The van der Waals surface area contributed by atoms with Gasteiger partial charge in [-0.05, 0) is 58.9 Å². The van der Waals surface area contributed by atoms with E-state index in [9.17, 15) is 24.9 Å². The predicted molar refractivity (Wildman–Crippen MR) is 127 cm³/mol. The van der Waals surface area contributed by atoms with Gasteiger partial charge in [-0.3, -0.25) is 9.69 Å². The van der Waals surface area contributed by atoms with Crippen LogP contribution < -0.4 is 0 Å². The first kappa shape index (κ1) is 23.1. The van der Waals surface area contributed by atoms with Crippen LogP contribution in [0.3, 0.4) is 0 Å². The Bertz CT molecular complexity index is 1140. The molecular weight excluding hydrogens is 434 g/mol. The topological polar surface area (TPSA) is 98.1 Å². The van der Waals surface area contributed by atoms with Crippen molar-refractivity contribution in [3.05, 3.63) is 39.8 Å². The number of benzene rings is 2. The monoisotopic (exact) mass is 459 g/mol. The molecule has 0 aromatic heterocycles. The first-order valence-corrected chi connectivity index (χ1v) is 11.2. The lowest BCUT2D eigenvalue weighted by atomic mass is 9.91. The fraction of sp³-hybridized carbons (Fsp3) is 0.348. The second kappa shape index (κ2) is 8.51. The maximum absolute atomic E-state index is 13.0. The van der Waals surface area contributed by atoms with Gasteiger partial charge >= 0.3 is 5.97 Å². The third kappa shape index (κ3) is 4.14. The summed E-state index contributed by atoms with van der Waals surface area (Å²) in [5.41, 5.74) is 2.30. The standard InChI is InChI=1S/C23H25NO5S2/c1-10(2)18-15-6-12(5)13(7-14(15)8-16(25)20(18)26)9-17-21(27)24(23(30)31-17)19(11(3)4)22(28)29/h6-11,19,25-26H,1-5H3,(H,28,29). The number of rotatable bonds is 5. The van der Waals surface area contributed by atoms with Crippen molar-refractivity contribution in [3.63, 3.8) is 0 Å². The molecule has 1 atom stereocenters. The van der Waals surface area contributed by atoms with Crippen molar-refractivity contribution in [2.45, 2.75) is 46.6 Å². The molecule has 1 heterocycles. The number of hydrogen-bond acceptors (Lipinski definition) is 6. The molecule has 1 fully saturated rings. The number of fused-ring (bicyclic) bond motifs is 1. The number of carbonyl (C=O) groups excluding carboxylic acids is 1. The molecule has 1 amide bonds. The fourth-order valence-corrected chi connectivity index (χ4v) is 5.19. The van der Waals surface area contributed by atoms with E-state index in [1.54, 1.807) is 19.9 Å². The molecule has 2 aromatic rings. The molecular formula is C23H25NO5S2. The summed E-state index contributed by atoms with van der Waals surface area (Å²) in [5.74, 6) is -2.13. The van der Waals surface area contributed by atoms with E-state index in [4.69, 9.17) is 12.2 Å². The molecule has 0 aliphatic carbocycles. The van der Waals surface area contributed by atoms with Crippen molar-refractivity contribution in [1.29, 1.82) is 0 Å². The number of carboxylic acid groups (broad SMARTS) is 1. The average Bonchev–Trinajstić information content (AvgIpc) is 2.91. The Balaban J connectivity index is 2.10. The van der Waals surface area contributed by atoms with E-state index in [1.807, 2.05) is 32.9 Å². The summed E-state index contributed by atoms with van der Waals surface area (Å²) in [6.45, 7) is 9.26. The second-order valence-electron chi connectivity index (χ2n) is 8.32. The van der Waals surface area contributed by atoms with Gasteiger partial charge in [0.05, 0.1) is 4.91 Å². The number of thiocarbonyl (C=S) groups is 1. The summed E-state index contributed by atoms with van der Waals surface area (Å²) in [6, 6.07) is 4.24. The Hall–Kier alpha value is -2.58. The number of aliphatic carboxylic acids is 1. The molecule has 1 saturated heterocycles. The highest BCUT2D eigenvalue weighted by Crippen LogP contribution is 2.42. The number of carboxylic acids is 1. The van der Waals surface area contributed by atoms with Gasteiger partial charge in [0.15, 0.2) is 11.5 Å². The van der Waals surface area contributed by atoms with E-state index in [0.717, 1.165) is 33.7 Å². The molecule has 3 N–H and O–H groups in total. The molecule has 0 radical (unpaired) electrons. The lowest BCUT2D eigenvalue weighted by Gasteiger charge is -2.26. The summed E-state index contributed by atoms with van der Waals surface area (Å²) >= 11 is 6.40. The Morgan fingerprint density at radius 1 is 1.16 bits per heavy atom. The first-order chi connectivity index (χ1) is 14.4. The number of aryl methyl sites for hydroxylation is 1. The molecule has 1 aliphatic rings. The number of carbonyl (C=O) groups is 2. The van der Waals surface area contributed by atoms with Crippen LogP contribution in [0.5, 0.6) is 11.5 Å². The molecule has 1 unspecified atom stereocenters. The van der Waals surface area contributed by atoms with Gasteiger partial charge in [-0.25, -0.2) is 4.79 Å². The van der Waals surface area contributed by atoms with Crippen LogP contribution in [0.1, 0.15) is 50.3 Å². The summed E-state index contributed by atoms with van der Waals surface area (Å²) in [4.78, 5) is 26.2. The number of phenols is 2. The Morgan fingerprint density at radius 3 is 2.35 bits per heavy atom. The van der Waals surface area contributed by atoms with Gasteiger partial charge in [-0.2, -0.15) is 0 Å². The zero-order valence-electron chi connectivity index (χ0n) is 18.0. The zero-order valence-corrected chi connectivity index (χ0v) is 19.6. The predicted octanol–water partition coefficient (Wildman–Crippen LogP) is 4.99. The molecule has 0 saturated carbocycles. The summed E-state index contributed by atoms with van der Waals surface area (Å²) in [7, 11) is 0. The van der Waals surface area contributed by atoms with Crippen LogP contribution in [0.4, 0.5) is 0 Å². The van der Waals surface area contributed by atoms with Crippen molar-refractivity contribution in [2.24, 2.45) is 5.92 Å². The lowest BCUT2D eigenvalue weighted by molar-refractivity contribution is -0.146. The normalized spacial score (nSPS) is 16.9. The van der Waals surface area contributed by atoms with Crippen molar-refractivity contribution < 1.29 is 24.9 Å². The van der Waals surface area contributed by atoms with Crippen molar-refractivity contribution in [1.82, 2.24) is 4.90 Å². The maximum atomic E-state index is 13.0. The van der Waals surface area contributed by atoms with E-state index < -0.39 is 17.9 Å². The molecule has 2 aromatic carbocycles. The highest BCUT2D eigenvalue weighted by Gasteiger charge is 2.41. The fourth-order valence-electron chi connectivity index (χ4n) is 3.87. The first-order valence-electron chi connectivity index (χ1n) is 9.93. The van der Waals surface area contributed by atoms with Gasteiger partial charge in [0.2, 0.25) is 0 Å². The van der Waals surface area contributed by atoms with E-state index in [2.05, 4.69) is 0 Å². The number of amides is 1. The lowest BCUT2D eigenvalue weighted by Crippen LogP contribution is -2.47. The summed E-state index contributed by atoms with van der Waals surface area (Å²) in [5, 5.41) is 31.6. The molecule has 31 heavy (non-hydrogen) atoms. The van der Waals surface area contributed by atoms with Crippen LogP contribution >= 0.6 is 24.0 Å². The third-order valence-electron chi connectivity index (χ3n) is 5.37. The van der Waals surface area contributed by atoms with Gasteiger partial charge < -0.3 is 15.3 Å². The largest absolute Gasteiger partial charge is 0.504 e. The average molecular weight is 460 g/mol. The number of aromatic hydroxyl groups is 2. The number of thioether (sulfide) groups is 1. The van der Waals surface area contributed by atoms with E-state index in [1.165, 1.54) is 11.0 Å². The number of phenolic OH excluding ortho intramolecular Hbond substituents is 2. The SMILES string of the molecule is Cc1cc2c(C(C)C)c(O)c(O)cc2cc1C=C1SC(=S)N(C(C(=O)O)C(C)C)C1=O. The van der Waals surface area contributed by atoms with Crippen LogP contribution in [0.2, 0.25) is 0 Å². The molecule has 164 valence electrons. The smallest absolute Gasteiger partial charge is 0.327 e. The van der Waals surface area contributed by atoms with Crippen LogP contribution in [0, 0.1) is 12.8 Å². The Kier molecular flexibility index (Phi) is 6.34. The van der Waals surface area contributed by atoms with Crippen molar-refractivity contribution in [3.8, 4) is 11.5 Å². The summed E-state index contributed by atoms with van der Waals surface area (Å²) < 4.78 is 0.223. The molecule has 8 heteroatoms. The highest BCUT2D eigenvalue weighted by atomic mass is 32.2. The zero-order chi connectivity index (χ0) is 23.2. The maximum Gasteiger partial charge on any atom is 0.327 e. The van der Waals surface area contributed by atoms with Gasteiger partial charge in [0, 0.05) is 5.56 Å². The third-order valence-corrected chi connectivity index (χ3v) is 6.70. The van der Waals surface area contributed by atoms with Crippen LogP contribution in [0.15, 0.2) is 23.1 Å². The Labute approximate surface area is 190 Å². The van der Waals surface area contributed by atoms with Crippen LogP contribution in [-0.2, 0) is 9.59 Å². The van der Waals surface area contributed by atoms with Gasteiger partial charge in [-0.15, -0.1) is 0 Å². The van der Waals surface area contributed by atoms with E-state index in [-0.39, 0.29) is 27.7 Å². The number of nitrogens with zero attached hydrogens (tertiary/aromatic N) is 1. The molecule has 0 bridgehead atoms. The van der Waals surface area contributed by atoms with Gasteiger partial charge in [-0.1, -0.05) is 57.7 Å². The van der Waals surface area contributed by atoms with Crippen molar-refractivity contribution >= 4 is 57.0 Å². The number of hydrogen-bond donors (Lipinski definition) is 3. The van der Waals surface area contributed by atoms with Gasteiger partial charge in [0.1, 0.15) is 10.4 Å². The van der Waals surface area contributed by atoms with Crippen LogP contribution in [-0.4, -0.2) is 42.5 Å². The molecule has 3 rings (SSSR count). The minimum atomic E-state index is -1.09. The second-order valence-corrected chi connectivity index (χ2v) is 10.00. The van der Waals surface area contributed by atoms with Crippen LogP contribution in [0.25, 0.3) is 16.8 Å². The minimum absolute atomic E-state index is 0.0000809. The van der Waals surface area contributed by atoms with Crippen molar-refractivity contribution in [2.75, 3.05) is 0 Å². The Morgan fingerprint density at radius 2 is 1.81 bits per heavy atom. The van der Waals surface area contributed by atoms with E-state index in [0.29, 0.717) is 10.5 Å². The van der Waals surface area contributed by atoms with Gasteiger partial charge in [0.25, 0.3) is 5.91 Å². The molecule has 0 spiro atoms. The van der Waals surface area contributed by atoms with E-state index >= 15 is 0 Å². The quantitative estimate of drug-likeness (QED) is 0.329. The molecule has 1 aliphatic heterocycles. The minimum Gasteiger partial charge on any atom is -0.504 e.